The van der Waals surface area contributed by atoms with Gasteiger partial charge in [-0.2, -0.15) is 0 Å². The second kappa shape index (κ2) is 12.2. The van der Waals surface area contributed by atoms with E-state index in [1.54, 1.807) is 16.4 Å². The van der Waals surface area contributed by atoms with E-state index in [4.69, 9.17) is 10.5 Å². The van der Waals surface area contributed by atoms with Crippen LogP contribution in [0.4, 0.5) is 8.78 Å². The highest BCUT2D eigenvalue weighted by Gasteiger charge is 2.42. The molecule has 0 spiro atoms. The van der Waals surface area contributed by atoms with Gasteiger partial charge in [0.15, 0.2) is 11.4 Å². The van der Waals surface area contributed by atoms with Gasteiger partial charge < -0.3 is 25.0 Å². The van der Waals surface area contributed by atoms with Crippen molar-refractivity contribution in [1.29, 1.82) is 0 Å². The van der Waals surface area contributed by atoms with Gasteiger partial charge in [0.25, 0.3) is 5.91 Å². The van der Waals surface area contributed by atoms with E-state index in [-0.39, 0.29) is 60.7 Å². The van der Waals surface area contributed by atoms with Gasteiger partial charge in [-0.15, -0.1) is 0 Å². The van der Waals surface area contributed by atoms with E-state index in [0.717, 1.165) is 30.3 Å². The first kappa shape index (κ1) is 29.4. The Morgan fingerprint density at radius 3 is 2.63 bits per heavy atom. The van der Waals surface area contributed by atoms with Crippen molar-refractivity contribution in [2.45, 2.75) is 58.5 Å². The summed E-state index contributed by atoms with van der Waals surface area (Å²) in [4.78, 5) is 29.7. The summed E-state index contributed by atoms with van der Waals surface area (Å²) >= 11 is 1.08. The van der Waals surface area contributed by atoms with Gasteiger partial charge in [0.2, 0.25) is 5.43 Å². The maximum Gasteiger partial charge on any atom is 0.274 e. The molecule has 7 nitrogen and oxygen atoms in total. The fraction of sp³-hybridized carbons (Fsp3) is 0.429. The number of amides is 1. The molecule has 0 aliphatic carbocycles. The number of thioether (sulfide) groups is 1. The predicted octanol–water partition coefficient (Wildman–Crippen LogP) is 4.62. The van der Waals surface area contributed by atoms with Gasteiger partial charge in [0.05, 0.1) is 24.3 Å². The number of nitrogens with zero attached hydrogens (tertiary/aromatic N) is 2. The van der Waals surface area contributed by atoms with Crippen LogP contribution in [0.3, 0.4) is 0 Å². The molecular formula is C28H35F2N3O4S. The Morgan fingerprint density at radius 1 is 1.34 bits per heavy atom. The van der Waals surface area contributed by atoms with Crippen LogP contribution in [0.15, 0.2) is 46.9 Å². The molecule has 0 radical (unpaired) electrons. The largest absolute Gasteiger partial charge is 0.487 e. The minimum absolute atomic E-state index is 0.0641. The normalized spacial score (nSPS) is 17.6. The highest BCUT2D eigenvalue weighted by molar-refractivity contribution is 8.11. The number of benzene rings is 1. The van der Waals surface area contributed by atoms with Crippen LogP contribution in [-0.4, -0.2) is 46.3 Å². The molecule has 0 saturated carbocycles. The summed E-state index contributed by atoms with van der Waals surface area (Å²) in [5.41, 5.74) is 4.88. The summed E-state index contributed by atoms with van der Waals surface area (Å²) in [6, 6.07) is 3.14. The lowest BCUT2D eigenvalue weighted by Crippen LogP contribution is -2.57. The molecule has 3 N–H and O–H groups in total. The van der Waals surface area contributed by atoms with Gasteiger partial charge in [-0.25, -0.2) is 8.78 Å². The lowest BCUT2D eigenvalue weighted by Gasteiger charge is -2.44. The fourth-order valence-electron chi connectivity index (χ4n) is 4.26. The van der Waals surface area contributed by atoms with Gasteiger partial charge >= 0.3 is 0 Å². The summed E-state index contributed by atoms with van der Waals surface area (Å²) < 4.78 is 35.1. The summed E-state index contributed by atoms with van der Waals surface area (Å²) in [7, 11) is 0. The predicted molar refractivity (Wildman–Crippen MR) is 147 cm³/mol. The van der Waals surface area contributed by atoms with E-state index in [1.165, 1.54) is 18.5 Å². The molecule has 1 aliphatic rings. The van der Waals surface area contributed by atoms with Crippen LogP contribution in [0.1, 0.15) is 62.2 Å². The van der Waals surface area contributed by atoms with E-state index >= 15 is 0 Å². The van der Waals surface area contributed by atoms with Gasteiger partial charge in [0.1, 0.15) is 11.6 Å². The number of rotatable bonds is 11. The molecule has 3 rings (SSSR count). The minimum Gasteiger partial charge on any atom is -0.487 e. The standard InChI is InChI=1S/C28H35F2N3O4S/c1-6-7-10-37-26-24-27(36)32(17(2)3)15-28(5,16-34)33(24)14-22(25(26)35)18(4)38-21(13-31)11-19-8-9-20(29)12-23(19)30/h8-9,12-14,17,34H,4,6-7,10-11,15-16,31H2,1-3,5H3/b21-13-. The smallest absolute Gasteiger partial charge is 0.274 e. The lowest BCUT2D eigenvalue weighted by molar-refractivity contribution is 0.0344. The SMILES string of the molecule is C=C(S/C(=C\N)Cc1ccc(F)cc1F)c1cn2c(c(OCCCC)c1=O)C(=O)N(C(C)C)CC2(C)CO. The molecule has 1 aromatic heterocycles. The Morgan fingerprint density at radius 2 is 2.05 bits per heavy atom. The summed E-state index contributed by atoms with van der Waals surface area (Å²) in [6.07, 6.45) is 4.39. The first-order chi connectivity index (χ1) is 18.0. The van der Waals surface area contributed by atoms with Crippen molar-refractivity contribution in [3.63, 3.8) is 0 Å². The van der Waals surface area contributed by atoms with Crippen LogP contribution < -0.4 is 15.9 Å². The third kappa shape index (κ3) is 5.96. The van der Waals surface area contributed by atoms with E-state index in [2.05, 4.69) is 6.58 Å². The first-order valence-corrected chi connectivity index (χ1v) is 13.4. The van der Waals surface area contributed by atoms with Crippen LogP contribution in [0, 0.1) is 11.6 Å². The monoisotopic (exact) mass is 547 g/mol. The molecule has 0 fully saturated rings. The van der Waals surface area contributed by atoms with Crippen LogP contribution in [0.5, 0.6) is 5.75 Å². The molecule has 1 aliphatic heterocycles. The number of aliphatic hydroxyl groups excluding tert-OH is 1. The molecule has 2 aromatic rings. The average molecular weight is 548 g/mol. The first-order valence-electron chi connectivity index (χ1n) is 12.5. The number of aromatic nitrogens is 1. The molecule has 0 bridgehead atoms. The van der Waals surface area contributed by atoms with Crippen molar-refractivity contribution < 1.29 is 23.4 Å². The Balaban J connectivity index is 2.08. The minimum atomic E-state index is -0.923. The maximum absolute atomic E-state index is 14.2. The molecule has 206 valence electrons. The molecule has 38 heavy (non-hydrogen) atoms. The number of carbonyl (C=O) groups excluding carboxylic acids is 1. The van der Waals surface area contributed by atoms with Crippen molar-refractivity contribution in [3.05, 3.63) is 80.8 Å². The second-order valence-corrected chi connectivity index (χ2v) is 11.1. The number of ether oxygens (including phenoxy) is 1. The number of carbonyl (C=O) groups is 1. The number of aliphatic hydroxyl groups is 1. The lowest BCUT2D eigenvalue weighted by atomic mass is 9.95. The number of halogens is 2. The molecule has 0 saturated heterocycles. The number of hydrogen-bond donors (Lipinski definition) is 2. The van der Waals surface area contributed by atoms with Gasteiger partial charge in [0, 0.05) is 47.3 Å². The maximum atomic E-state index is 14.2. The van der Waals surface area contributed by atoms with Crippen LogP contribution in [-0.2, 0) is 12.0 Å². The van der Waals surface area contributed by atoms with E-state index in [0.29, 0.717) is 16.2 Å². The van der Waals surface area contributed by atoms with Crippen LogP contribution in [0.2, 0.25) is 0 Å². The van der Waals surface area contributed by atoms with Gasteiger partial charge in [-0.1, -0.05) is 37.8 Å². The quantitative estimate of drug-likeness (QED) is 0.399. The topological polar surface area (TPSA) is 97.8 Å². The zero-order chi connectivity index (χ0) is 28.2. The molecule has 1 unspecified atom stereocenters. The highest BCUT2D eigenvalue weighted by Crippen LogP contribution is 2.37. The van der Waals surface area contributed by atoms with Crippen molar-refractivity contribution in [1.82, 2.24) is 9.47 Å². The number of pyridine rings is 1. The zero-order valence-electron chi connectivity index (χ0n) is 22.2. The summed E-state index contributed by atoms with van der Waals surface area (Å²) in [5, 5.41) is 10.4. The Hall–Kier alpha value is -3.11. The third-order valence-electron chi connectivity index (χ3n) is 6.55. The van der Waals surface area contributed by atoms with Crippen molar-refractivity contribution in [2.75, 3.05) is 19.8 Å². The molecule has 1 amide bonds. The molecule has 2 heterocycles. The van der Waals surface area contributed by atoms with Crippen molar-refractivity contribution >= 4 is 22.6 Å². The zero-order valence-corrected chi connectivity index (χ0v) is 23.0. The van der Waals surface area contributed by atoms with Gasteiger partial charge in [-0.05, 0) is 38.8 Å². The van der Waals surface area contributed by atoms with E-state index in [9.17, 15) is 23.5 Å². The number of unbranched alkanes of at least 4 members (excludes halogenated alkanes) is 1. The molecule has 1 aromatic carbocycles. The highest BCUT2D eigenvalue weighted by atomic mass is 32.2. The number of hydrogen-bond acceptors (Lipinski definition) is 6. The molecular weight excluding hydrogens is 512 g/mol. The Bertz CT molecular complexity index is 1310. The fourth-order valence-corrected chi connectivity index (χ4v) is 5.13. The summed E-state index contributed by atoms with van der Waals surface area (Å²) in [5.74, 6) is -1.83. The number of nitrogens with two attached hydrogens (primary N) is 1. The molecule has 1 atom stereocenters. The summed E-state index contributed by atoms with van der Waals surface area (Å²) in [6.45, 7) is 11.8. The second-order valence-electron chi connectivity index (χ2n) is 9.87. The average Bonchev–Trinajstić information content (AvgIpc) is 2.87. The number of allylic oxidation sites excluding steroid dienone is 1. The Kier molecular flexibility index (Phi) is 9.43. The van der Waals surface area contributed by atoms with Crippen LogP contribution >= 0.6 is 11.8 Å². The van der Waals surface area contributed by atoms with Crippen LogP contribution in [0.25, 0.3) is 4.91 Å². The van der Waals surface area contributed by atoms with E-state index < -0.39 is 22.6 Å². The van der Waals surface area contributed by atoms with Gasteiger partial charge in [-0.3, -0.25) is 9.59 Å². The van der Waals surface area contributed by atoms with E-state index in [1.807, 2.05) is 20.8 Å². The number of fused-ring (bicyclic) bond motifs is 1. The Labute approximate surface area is 226 Å². The van der Waals surface area contributed by atoms with Crippen molar-refractivity contribution in [2.24, 2.45) is 5.73 Å². The third-order valence-corrected chi connectivity index (χ3v) is 7.56. The van der Waals surface area contributed by atoms with Crippen molar-refractivity contribution in [3.8, 4) is 5.75 Å². The molecule has 10 heteroatoms.